The number of rotatable bonds is 4. The Morgan fingerprint density at radius 1 is 1.30 bits per heavy atom. The molecule has 2 fully saturated rings. The van der Waals surface area contributed by atoms with Crippen molar-refractivity contribution in [3.05, 3.63) is 33.7 Å². The molecule has 1 atom stereocenters. The lowest BCUT2D eigenvalue weighted by Crippen LogP contribution is -2.45. The maximum Gasteiger partial charge on any atom is 0.254 e. The van der Waals surface area contributed by atoms with Gasteiger partial charge in [-0.15, -0.1) is 0 Å². The summed E-state index contributed by atoms with van der Waals surface area (Å²) in [5, 5.41) is 0. The van der Waals surface area contributed by atoms with Gasteiger partial charge >= 0.3 is 0 Å². The van der Waals surface area contributed by atoms with Crippen LogP contribution in [-0.2, 0) is 4.79 Å². The maximum atomic E-state index is 12.8. The van der Waals surface area contributed by atoms with E-state index in [1.165, 1.54) is 6.07 Å². The molecule has 23 heavy (non-hydrogen) atoms. The van der Waals surface area contributed by atoms with Gasteiger partial charge in [-0.2, -0.15) is 0 Å². The lowest BCUT2D eigenvalue weighted by atomic mass is 10.1. The van der Waals surface area contributed by atoms with E-state index in [1.807, 2.05) is 9.80 Å². The Morgan fingerprint density at radius 3 is 2.65 bits per heavy atom. The van der Waals surface area contributed by atoms with Crippen molar-refractivity contribution in [1.82, 2.24) is 14.8 Å². The van der Waals surface area contributed by atoms with Crippen molar-refractivity contribution in [3.63, 3.8) is 0 Å². The van der Waals surface area contributed by atoms with Crippen LogP contribution in [0.15, 0.2) is 16.9 Å². The van der Waals surface area contributed by atoms with Crippen molar-refractivity contribution in [2.45, 2.75) is 51.6 Å². The number of hydrogen-bond acceptors (Lipinski definition) is 3. The molecule has 1 saturated heterocycles. The van der Waals surface area contributed by atoms with Crippen molar-refractivity contribution < 1.29 is 9.59 Å². The fourth-order valence-electron chi connectivity index (χ4n) is 3.41. The molecule has 0 spiro atoms. The minimum absolute atomic E-state index is 0.0478. The molecule has 3 rings (SSSR count). The van der Waals surface area contributed by atoms with Gasteiger partial charge in [0, 0.05) is 49.4 Å². The lowest BCUT2D eigenvalue weighted by molar-refractivity contribution is -0.130. The summed E-state index contributed by atoms with van der Waals surface area (Å²) in [6.45, 7) is 4.66. The summed E-state index contributed by atoms with van der Waals surface area (Å²) >= 11 is 0. The van der Waals surface area contributed by atoms with E-state index in [-0.39, 0.29) is 23.4 Å². The average molecular weight is 317 g/mol. The van der Waals surface area contributed by atoms with Crippen LogP contribution in [0.5, 0.6) is 0 Å². The normalized spacial score (nSPS) is 20.6. The second kappa shape index (κ2) is 6.18. The summed E-state index contributed by atoms with van der Waals surface area (Å²) in [6, 6.07) is 3.47. The van der Waals surface area contributed by atoms with Gasteiger partial charge in [-0.05, 0) is 38.7 Å². The Kier molecular flexibility index (Phi) is 4.24. The zero-order chi connectivity index (χ0) is 16.6. The number of carbonyl (C=O) groups is 2. The number of amides is 2. The molecule has 6 heteroatoms. The minimum atomic E-state index is -0.257. The number of nitrogens with zero attached hydrogens (tertiary/aromatic N) is 2. The summed E-state index contributed by atoms with van der Waals surface area (Å²) in [4.78, 5) is 42.6. The first-order valence-electron chi connectivity index (χ1n) is 8.25. The van der Waals surface area contributed by atoms with Crippen LogP contribution in [0.4, 0.5) is 0 Å². The van der Waals surface area contributed by atoms with Crippen LogP contribution in [0, 0.1) is 6.92 Å². The molecule has 1 aliphatic carbocycles. The number of pyridine rings is 1. The third-order valence-electron chi connectivity index (χ3n) is 4.66. The first-order valence-corrected chi connectivity index (χ1v) is 8.25. The molecule has 1 saturated carbocycles. The number of likely N-dealkylation sites (tertiary alicyclic amines) is 1. The molecule has 2 amide bonds. The molecule has 0 bridgehead atoms. The van der Waals surface area contributed by atoms with Gasteiger partial charge in [-0.25, -0.2) is 0 Å². The number of carbonyl (C=O) groups excluding carboxylic acids is 2. The van der Waals surface area contributed by atoms with Gasteiger partial charge in [0.05, 0.1) is 0 Å². The maximum absolute atomic E-state index is 12.8. The molecule has 124 valence electrons. The fraction of sp³-hybridized carbons (Fsp3) is 0.588. The highest BCUT2D eigenvalue weighted by Gasteiger charge is 2.36. The Labute approximate surface area is 135 Å². The summed E-state index contributed by atoms with van der Waals surface area (Å²) < 4.78 is 0. The van der Waals surface area contributed by atoms with E-state index in [1.54, 1.807) is 19.9 Å². The van der Waals surface area contributed by atoms with Gasteiger partial charge in [0.15, 0.2) is 0 Å². The van der Waals surface area contributed by atoms with Crippen LogP contribution >= 0.6 is 0 Å². The lowest BCUT2D eigenvalue weighted by Gasteiger charge is -2.30. The summed E-state index contributed by atoms with van der Waals surface area (Å²) in [5.41, 5.74) is 0.853. The van der Waals surface area contributed by atoms with Crippen molar-refractivity contribution in [3.8, 4) is 0 Å². The monoisotopic (exact) mass is 317 g/mol. The molecule has 1 N–H and O–H groups in total. The number of aromatic nitrogens is 1. The first kappa shape index (κ1) is 15.8. The van der Waals surface area contributed by atoms with E-state index in [9.17, 15) is 14.4 Å². The quantitative estimate of drug-likeness (QED) is 0.909. The number of aryl methyl sites for hydroxylation is 1. The third kappa shape index (κ3) is 3.46. The van der Waals surface area contributed by atoms with E-state index in [4.69, 9.17) is 0 Å². The Bertz CT molecular complexity index is 678. The van der Waals surface area contributed by atoms with Gasteiger partial charge in [0.25, 0.3) is 5.91 Å². The molecule has 0 aromatic carbocycles. The van der Waals surface area contributed by atoms with Crippen LogP contribution in [-0.4, -0.2) is 51.8 Å². The Hall–Kier alpha value is -2.11. The molecule has 0 radical (unpaired) electrons. The first-order chi connectivity index (χ1) is 11.0. The average Bonchev–Trinajstić information content (AvgIpc) is 3.21. The van der Waals surface area contributed by atoms with Gasteiger partial charge in [0.2, 0.25) is 11.5 Å². The number of nitrogens with one attached hydrogen (secondary N) is 1. The second-order valence-corrected chi connectivity index (χ2v) is 6.61. The van der Waals surface area contributed by atoms with Crippen LogP contribution in [0.2, 0.25) is 0 Å². The van der Waals surface area contributed by atoms with Crippen LogP contribution in [0.25, 0.3) is 0 Å². The summed E-state index contributed by atoms with van der Waals surface area (Å²) in [5.74, 6) is -0.0280. The predicted molar refractivity (Wildman–Crippen MR) is 86.3 cm³/mol. The smallest absolute Gasteiger partial charge is 0.254 e. The van der Waals surface area contributed by atoms with E-state index in [0.29, 0.717) is 30.4 Å². The Morgan fingerprint density at radius 2 is 2.04 bits per heavy atom. The van der Waals surface area contributed by atoms with Crippen molar-refractivity contribution in [1.29, 1.82) is 0 Å². The molecular weight excluding hydrogens is 294 g/mol. The van der Waals surface area contributed by atoms with Gasteiger partial charge in [-0.3, -0.25) is 14.4 Å². The molecule has 6 nitrogen and oxygen atoms in total. The van der Waals surface area contributed by atoms with E-state index < -0.39 is 0 Å². The summed E-state index contributed by atoms with van der Waals surface area (Å²) in [6.07, 6.45) is 3.97. The third-order valence-corrected chi connectivity index (χ3v) is 4.66. The standard InChI is InChI=1S/C17H23N3O3/c1-11-8-13(9-16(22)18-11)17(23)19-7-3-4-15(19)10-20(12(2)21)14-5-6-14/h8-9,14-15H,3-7,10H2,1-2H3,(H,18,22)/t15-/m0/s1. The summed E-state index contributed by atoms with van der Waals surface area (Å²) in [7, 11) is 0. The second-order valence-electron chi connectivity index (χ2n) is 6.61. The zero-order valence-electron chi connectivity index (χ0n) is 13.7. The SMILES string of the molecule is CC(=O)N(C[C@@H]1CCCN1C(=O)c1cc(C)[nH]c(=O)c1)C1CC1. The highest BCUT2D eigenvalue weighted by atomic mass is 16.2. The predicted octanol–water partition coefficient (Wildman–Crippen LogP) is 1.30. The topological polar surface area (TPSA) is 73.5 Å². The Balaban J connectivity index is 1.76. The van der Waals surface area contributed by atoms with Crippen molar-refractivity contribution in [2.75, 3.05) is 13.1 Å². The molecule has 1 aromatic rings. The van der Waals surface area contributed by atoms with Crippen LogP contribution in [0.1, 0.15) is 48.7 Å². The number of H-pyrrole nitrogens is 1. The molecule has 2 heterocycles. The minimum Gasteiger partial charge on any atom is -0.338 e. The fourth-order valence-corrected chi connectivity index (χ4v) is 3.41. The molecule has 1 aliphatic heterocycles. The molecule has 1 aromatic heterocycles. The van der Waals surface area contributed by atoms with Gasteiger partial charge < -0.3 is 14.8 Å². The van der Waals surface area contributed by atoms with E-state index in [0.717, 1.165) is 25.7 Å². The van der Waals surface area contributed by atoms with E-state index in [2.05, 4.69) is 4.98 Å². The van der Waals surface area contributed by atoms with Crippen LogP contribution in [0.3, 0.4) is 0 Å². The molecular formula is C17H23N3O3. The van der Waals surface area contributed by atoms with Gasteiger partial charge in [0.1, 0.15) is 0 Å². The number of hydrogen-bond donors (Lipinski definition) is 1. The highest BCUT2D eigenvalue weighted by molar-refractivity contribution is 5.94. The number of aromatic amines is 1. The van der Waals surface area contributed by atoms with E-state index >= 15 is 0 Å². The zero-order valence-corrected chi connectivity index (χ0v) is 13.7. The van der Waals surface area contributed by atoms with Gasteiger partial charge in [-0.1, -0.05) is 0 Å². The van der Waals surface area contributed by atoms with Crippen LogP contribution < -0.4 is 5.56 Å². The van der Waals surface area contributed by atoms with Crippen molar-refractivity contribution in [2.24, 2.45) is 0 Å². The highest BCUT2D eigenvalue weighted by Crippen LogP contribution is 2.29. The van der Waals surface area contributed by atoms with Crippen molar-refractivity contribution >= 4 is 11.8 Å². The largest absolute Gasteiger partial charge is 0.338 e. The molecule has 2 aliphatic rings. The molecule has 0 unspecified atom stereocenters.